The molecule has 1 N–H and O–H groups in total. The lowest BCUT2D eigenvalue weighted by molar-refractivity contribution is -0.120. The minimum atomic E-state index is -0.497. The smallest absolute Gasteiger partial charge is 0.282 e. The fourth-order valence-corrected chi connectivity index (χ4v) is 3.40. The lowest BCUT2D eigenvalue weighted by Crippen LogP contribution is -2.33. The van der Waals surface area contributed by atoms with Crippen molar-refractivity contribution >= 4 is 40.4 Å². The second-order valence-corrected chi connectivity index (χ2v) is 7.06. The lowest BCUT2D eigenvalue weighted by Gasteiger charge is -2.18. The number of aryl methyl sites for hydroxylation is 1. The molecule has 1 heterocycles. The predicted molar refractivity (Wildman–Crippen MR) is 112 cm³/mol. The minimum Gasteiger partial charge on any atom is -0.350 e. The molecular formula is C23H16ClFN2O2. The number of hydrogen-bond donors (Lipinski definition) is 1. The first kappa shape index (κ1) is 18.9. The number of benzene rings is 3. The average Bonchev–Trinajstić information content (AvgIpc) is 2.95. The van der Waals surface area contributed by atoms with Gasteiger partial charge in [0.25, 0.3) is 11.8 Å². The molecule has 0 bridgehead atoms. The van der Waals surface area contributed by atoms with Crippen LogP contribution in [0.25, 0.3) is 5.57 Å². The van der Waals surface area contributed by atoms with Gasteiger partial charge in [0, 0.05) is 10.7 Å². The molecule has 29 heavy (non-hydrogen) atoms. The van der Waals surface area contributed by atoms with Crippen LogP contribution in [0.2, 0.25) is 5.02 Å². The molecule has 0 radical (unpaired) electrons. The van der Waals surface area contributed by atoms with Gasteiger partial charge in [0.15, 0.2) is 0 Å². The number of carbonyl (C=O) groups excluding carboxylic acids is 2. The predicted octanol–water partition coefficient (Wildman–Crippen LogP) is 5.18. The number of rotatable bonds is 4. The number of imide groups is 1. The molecule has 3 aromatic rings. The summed E-state index contributed by atoms with van der Waals surface area (Å²) in [6.45, 7) is 1.80. The Morgan fingerprint density at radius 3 is 2.28 bits per heavy atom. The summed E-state index contributed by atoms with van der Waals surface area (Å²) in [4.78, 5) is 27.7. The van der Waals surface area contributed by atoms with Crippen molar-refractivity contribution in [2.75, 3.05) is 10.2 Å². The van der Waals surface area contributed by atoms with E-state index in [-0.39, 0.29) is 11.3 Å². The number of para-hydroxylation sites is 1. The quantitative estimate of drug-likeness (QED) is 0.607. The van der Waals surface area contributed by atoms with Crippen LogP contribution < -0.4 is 10.2 Å². The summed E-state index contributed by atoms with van der Waals surface area (Å²) in [7, 11) is 0. The summed E-state index contributed by atoms with van der Waals surface area (Å²) in [5.41, 5.74) is 2.57. The van der Waals surface area contributed by atoms with E-state index in [1.807, 2.05) is 18.2 Å². The van der Waals surface area contributed by atoms with Gasteiger partial charge in [-0.3, -0.25) is 9.59 Å². The van der Waals surface area contributed by atoms with Gasteiger partial charge in [-0.2, -0.15) is 0 Å². The maximum atomic E-state index is 13.4. The molecule has 0 unspecified atom stereocenters. The van der Waals surface area contributed by atoms with E-state index in [0.717, 1.165) is 10.5 Å². The number of anilines is 2. The average molecular weight is 407 g/mol. The Labute approximate surface area is 172 Å². The molecule has 0 atom stereocenters. The molecule has 0 aliphatic carbocycles. The second kappa shape index (κ2) is 7.53. The summed E-state index contributed by atoms with van der Waals surface area (Å²) in [5, 5.41) is 3.47. The van der Waals surface area contributed by atoms with Crippen molar-refractivity contribution in [3.05, 3.63) is 100 Å². The third kappa shape index (κ3) is 3.52. The topological polar surface area (TPSA) is 49.4 Å². The number of carbonyl (C=O) groups is 2. The molecule has 1 aliphatic rings. The normalized spacial score (nSPS) is 14.0. The Morgan fingerprint density at radius 1 is 0.897 bits per heavy atom. The van der Waals surface area contributed by atoms with Crippen molar-refractivity contribution in [2.45, 2.75) is 6.92 Å². The van der Waals surface area contributed by atoms with Crippen molar-refractivity contribution in [3.63, 3.8) is 0 Å². The highest BCUT2D eigenvalue weighted by Crippen LogP contribution is 2.36. The van der Waals surface area contributed by atoms with E-state index in [2.05, 4.69) is 5.32 Å². The van der Waals surface area contributed by atoms with E-state index < -0.39 is 17.6 Å². The van der Waals surface area contributed by atoms with E-state index in [1.54, 1.807) is 37.3 Å². The Balaban J connectivity index is 1.85. The van der Waals surface area contributed by atoms with E-state index in [4.69, 9.17) is 11.6 Å². The van der Waals surface area contributed by atoms with Crippen LogP contribution in [0.3, 0.4) is 0 Å². The first-order valence-corrected chi connectivity index (χ1v) is 9.31. The molecule has 1 aliphatic heterocycles. The highest BCUT2D eigenvalue weighted by molar-refractivity contribution is 6.46. The molecule has 4 nitrogen and oxygen atoms in total. The van der Waals surface area contributed by atoms with Crippen molar-refractivity contribution in [1.29, 1.82) is 0 Å². The Kier molecular flexibility index (Phi) is 4.91. The van der Waals surface area contributed by atoms with E-state index >= 15 is 0 Å². The van der Waals surface area contributed by atoms with Gasteiger partial charge in [-0.15, -0.1) is 0 Å². The summed E-state index contributed by atoms with van der Waals surface area (Å²) in [6, 6.07) is 19.6. The standard InChI is InChI=1S/C23H16ClFN2O2/c1-14-7-10-16(24)13-19(14)27-22(28)20(15-8-11-17(25)12-9-15)21(23(27)29)26-18-5-3-2-4-6-18/h2-13,26H,1H3. The maximum Gasteiger partial charge on any atom is 0.282 e. The van der Waals surface area contributed by atoms with Gasteiger partial charge >= 0.3 is 0 Å². The molecule has 0 saturated carbocycles. The van der Waals surface area contributed by atoms with Crippen LogP contribution in [0.5, 0.6) is 0 Å². The van der Waals surface area contributed by atoms with Crippen LogP contribution in [0.4, 0.5) is 15.8 Å². The molecule has 0 saturated heterocycles. The molecule has 4 rings (SSSR count). The van der Waals surface area contributed by atoms with Gasteiger partial charge in [0.1, 0.15) is 11.5 Å². The first-order valence-electron chi connectivity index (χ1n) is 8.93. The third-order valence-electron chi connectivity index (χ3n) is 4.67. The number of halogens is 2. The Bertz CT molecular complexity index is 1140. The summed E-state index contributed by atoms with van der Waals surface area (Å²) >= 11 is 6.11. The van der Waals surface area contributed by atoms with Crippen molar-refractivity contribution in [3.8, 4) is 0 Å². The minimum absolute atomic E-state index is 0.132. The zero-order valence-electron chi connectivity index (χ0n) is 15.4. The number of nitrogens with zero attached hydrogens (tertiary/aromatic N) is 1. The molecule has 0 fully saturated rings. The van der Waals surface area contributed by atoms with Crippen LogP contribution >= 0.6 is 11.6 Å². The van der Waals surface area contributed by atoms with E-state index in [0.29, 0.717) is 22.0 Å². The number of nitrogens with one attached hydrogen (secondary N) is 1. The third-order valence-corrected chi connectivity index (χ3v) is 4.91. The Hall–Kier alpha value is -3.44. The molecule has 144 valence electrons. The zero-order valence-corrected chi connectivity index (χ0v) is 16.2. The lowest BCUT2D eigenvalue weighted by atomic mass is 10.0. The van der Waals surface area contributed by atoms with Gasteiger partial charge in [-0.1, -0.05) is 48.0 Å². The highest BCUT2D eigenvalue weighted by atomic mass is 35.5. The fourth-order valence-electron chi connectivity index (χ4n) is 3.24. The molecular weight excluding hydrogens is 391 g/mol. The van der Waals surface area contributed by atoms with Crippen molar-refractivity contribution < 1.29 is 14.0 Å². The summed E-state index contributed by atoms with van der Waals surface area (Å²) < 4.78 is 13.4. The molecule has 0 aromatic heterocycles. The van der Waals surface area contributed by atoms with Crippen molar-refractivity contribution in [2.24, 2.45) is 0 Å². The van der Waals surface area contributed by atoms with Gasteiger partial charge in [0.2, 0.25) is 0 Å². The van der Waals surface area contributed by atoms with E-state index in [1.165, 1.54) is 24.3 Å². The van der Waals surface area contributed by atoms with Crippen LogP contribution in [0, 0.1) is 12.7 Å². The molecule has 3 aromatic carbocycles. The molecule has 2 amide bonds. The number of hydrogen-bond acceptors (Lipinski definition) is 3. The number of amides is 2. The van der Waals surface area contributed by atoms with Crippen LogP contribution in [0.15, 0.2) is 78.5 Å². The van der Waals surface area contributed by atoms with Crippen molar-refractivity contribution in [1.82, 2.24) is 0 Å². The first-order chi connectivity index (χ1) is 14.0. The SMILES string of the molecule is Cc1ccc(Cl)cc1N1C(=O)C(Nc2ccccc2)=C(c2ccc(F)cc2)C1=O. The van der Waals surface area contributed by atoms with Gasteiger partial charge in [-0.05, 0) is 54.4 Å². The van der Waals surface area contributed by atoms with Gasteiger partial charge < -0.3 is 5.32 Å². The second-order valence-electron chi connectivity index (χ2n) is 6.62. The van der Waals surface area contributed by atoms with Gasteiger partial charge in [-0.25, -0.2) is 9.29 Å². The van der Waals surface area contributed by atoms with Gasteiger partial charge in [0.05, 0.1) is 11.3 Å². The Morgan fingerprint density at radius 2 is 1.59 bits per heavy atom. The molecule has 0 spiro atoms. The molecule has 6 heteroatoms. The van der Waals surface area contributed by atoms with Crippen LogP contribution in [0.1, 0.15) is 11.1 Å². The van der Waals surface area contributed by atoms with E-state index in [9.17, 15) is 14.0 Å². The van der Waals surface area contributed by atoms with Crippen LogP contribution in [-0.2, 0) is 9.59 Å². The summed E-state index contributed by atoms with van der Waals surface area (Å²) in [5.74, 6) is -1.42. The maximum absolute atomic E-state index is 13.4. The van der Waals surface area contributed by atoms with Crippen LogP contribution in [-0.4, -0.2) is 11.8 Å². The summed E-state index contributed by atoms with van der Waals surface area (Å²) in [6.07, 6.45) is 0. The monoisotopic (exact) mass is 406 g/mol. The highest BCUT2D eigenvalue weighted by Gasteiger charge is 2.40. The fraction of sp³-hybridized carbons (Fsp3) is 0.0435. The zero-order chi connectivity index (χ0) is 20.5. The largest absolute Gasteiger partial charge is 0.350 e.